The number of nitrogens with zero attached hydrogens (tertiary/aromatic N) is 1. The predicted octanol–water partition coefficient (Wildman–Crippen LogP) is 2.42. The van der Waals surface area contributed by atoms with Gasteiger partial charge >= 0.3 is 0 Å². The first-order valence-electron chi connectivity index (χ1n) is 5.96. The molecule has 0 unspecified atom stereocenters. The lowest BCUT2D eigenvalue weighted by atomic mass is 10.1. The molecule has 1 aromatic rings. The van der Waals surface area contributed by atoms with E-state index in [1.54, 1.807) is 0 Å². The molecule has 0 saturated heterocycles. The largest absolute Gasteiger partial charge is 0.494 e. The molecule has 0 aromatic heterocycles. The highest BCUT2D eigenvalue weighted by atomic mass is 32.1. The second-order valence-corrected chi connectivity index (χ2v) is 4.34. The first-order chi connectivity index (χ1) is 8.63. The van der Waals surface area contributed by atoms with Crippen molar-refractivity contribution in [3.63, 3.8) is 0 Å². The summed E-state index contributed by atoms with van der Waals surface area (Å²) in [5.74, 6) is 0.877. The van der Waals surface area contributed by atoms with Crippen molar-refractivity contribution in [2.24, 2.45) is 10.8 Å². The van der Waals surface area contributed by atoms with E-state index in [4.69, 9.17) is 10.5 Å². The van der Waals surface area contributed by atoms with Gasteiger partial charge in [-0.25, -0.2) is 0 Å². The molecule has 18 heavy (non-hydrogen) atoms. The lowest BCUT2D eigenvalue weighted by molar-refractivity contribution is 0.309. The molecule has 4 nitrogen and oxygen atoms in total. The average molecular weight is 265 g/mol. The first kappa shape index (κ1) is 14.4. The number of hydrogen-bond acceptors (Lipinski definition) is 3. The topological polar surface area (TPSA) is 59.6 Å². The standard InChI is InChI=1S/C13H19N3OS/c1-3-4-9-17-12-7-5-11(6-8-12)10(2)15-16-13(14)18/h5-8H,3-4,9H2,1-2H3,(H3,14,16,18)/b15-10+. The second-order valence-electron chi connectivity index (χ2n) is 3.90. The van der Waals surface area contributed by atoms with Gasteiger partial charge in [-0.2, -0.15) is 5.10 Å². The second kappa shape index (κ2) is 7.66. The molecule has 5 heteroatoms. The highest BCUT2D eigenvalue weighted by molar-refractivity contribution is 7.80. The fraction of sp³-hybridized carbons (Fsp3) is 0.385. The molecule has 0 amide bonds. The van der Waals surface area contributed by atoms with Gasteiger partial charge in [0.2, 0.25) is 0 Å². The minimum atomic E-state index is 0.161. The summed E-state index contributed by atoms with van der Waals surface area (Å²) in [5, 5.41) is 4.22. The van der Waals surface area contributed by atoms with E-state index in [1.165, 1.54) is 0 Å². The third-order valence-corrected chi connectivity index (χ3v) is 2.46. The lowest BCUT2D eigenvalue weighted by Crippen LogP contribution is -2.25. The Bertz CT molecular complexity index is 415. The van der Waals surface area contributed by atoms with Crippen molar-refractivity contribution in [3.8, 4) is 5.75 Å². The van der Waals surface area contributed by atoms with E-state index in [1.807, 2.05) is 31.2 Å². The zero-order valence-corrected chi connectivity index (χ0v) is 11.6. The van der Waals surface area contributed by atoms with Gasteiger partial charge in [-0.15, -0.1) is 0 Å². The lowest BCUT2D eigenvalue weighted by Gasteiger charge is -2.06. The highest BCUT2D eigenvalue weighted by Gasteiger charge is 1.99. The Morgan fingerprint density at radius 2 is 2.06 bits per heavy atom. The van der Waals surface area contributed by atoms with Crippen LogP contribution in [0.5, 0.6) is 5.75 Å². The molecule has 1 rings (SSSR count). The number of nitrogens with one attached hydrogen (secondary N) is 1. The Hall–Kier alpha value is -1.62. The third-order valence-electron chi connectivity index (χ3n) is 2.37. The maximum absolute atomic E-state index is 5.58. The number of thiocarbonyl (C=S) groups is 1. The average Bonchev–Trinajstić information content (AvgIpc) is 2.37. The number of rotatable bonds is 6. The summed E-state index contributed by atoms with van der Waals surface area (Å²) in [6.07, 6.45) is 2.20. The van der Waals surface area contributed by atoms with Crippen molar-refractivity contribution in [2.75, 3.05) is 6.61 Å². The van der Waals surface area contributed by atoms with Gasteiger partial charge in [0.1, 0.15) is 5.75 Å². The molecular weight excluding hydrogens is 246 g/mol. The normalized spacial score (nSPS) is 11.1. The summed E-state index contributed by atoms with van der Waals surface area (Å²) in [6.45, 7) is 4.78. The van der Waals surface area contributed by atoms with E-state index in [0.29, 0.717) is 0 Å². The van der Waals surface area contributed by atoms with Crippen LogP contribution in [0.15, 0.2) is 29.4 Å². The Kier molecular flexibility index (Phi) is 6.14. The Balaban J connectivity index is 2.59. The number of unbranched alkanes of at least 4 members (excludes halogenated alkanes) is 1. The Labute approximate surface area is 113 Å². The van der Waals surface area contributed by atoms with Crippen molar-refractivity contribution in [2.45, 2.75) is 26.7 Å². The SMILES string of the molecule is CCCCOc1ccc(/C(C)=N/NC(N)=S)cc1. The molecule has 0 fully saturated rings. The van der Waals surface area contributed by atoms with Crippen LogP contribution in [0.4, 0.5) is 0 Å². The van der Waals surface area contributed by atoms with Gasteiger partial charge in [-0.3, -0.25) is 5.43 Å². The van der Waals surface area contributed by atoms with Gasteiger partial charge in [0, 0.05) is 0 Å². The van der Waals surface area contributed by atoms with Crippen LogP contribution in [0.1, 0.15) is 32.3 Å². The summed E-state index contributed by atoms with van der Waals surface area (Å²) >= 11 is 4.68. The minimum absolute atomic E-state index is 0.161. The maximum atomic E-state index is 5.58. The zero-order valence-electron chi connectivity index (χ0n) is 10.8. The van der Waals surface area contributed by atoms with Crippen molar-refractivity contribution in [1.82, 2.24) is 5.43 Å². The molecule has 0 aliphatic heterocycles. The predicted molar refractivity (Wildman–Crippen MR) is 79.0 cm³/mol. The van der Waals surface area contributed by atoms with Crippen LogP contribution in [0.2, 0.25) is 0 Å². The van der Waals surface area contributed by atoms with Gasteiger partial charge in [0.25, 0.3) is 0 Å². The summed E-state index contributed by atoms with van der Waals surface area (Å²) in [5.41, 5.74) is 9.69. The van der Waals surface area contributed by atoms with Gasteiger partial charge in [-0.05, 0) is 55.4 Å². The Morgan fingerprint density at radius 1 is 1.39 bits per heavy atom. The van der Waals surface area contributed by atoms with Gasteiger partial charge in [0.05, 0.1) is 12.3 Å². The summed E-state index contributed by atoms with van der Waals surface area (Å²) in [7, 11) is 0. The molecule has 0 spiro atoms. The quantitative estimate of drug-likeness (QED) is 0.359. The van der Waals surface area contributed by atoms with E-state index in [2.05, 4.69) is 29.7 Å². The van der Waals surface area contributed by atoms with E-state index >= 15 is 0 Å². The number of ether oxygens (including phenoxy) is 1. The minimum Gasteiger partial charge on any atom is -0.494 e. The van der Waals surface area contributed by atoms with Crippen LogP contribution in [-0.4, -0.2) is 17.4 Å². The maximum Gasteiger partial charge on any atom is 0.184 e. The first-order valence-corrected chi connectivity index (χ1v) is 6.37. The van der Waals surface area contributed by atoms with E-state index < -0.39 is 0 Å². The Morgan fingerprint density at radius 3 is 2.61 bits per heavy atom. The van der Waals surface area contributed by atoms with Gasteiger partial charge in [-0.1, -0.05) is 13.3 Å². The number of benzene rings is 1. The fourth-order valence-corrected chi connectivity index (χ4v) is 1.38. The smallest absolute Gasteiger partial charge is 0.184 e. The fourth-order valence-electron chi connectivity index (χ4n) is 1.33. The molecule has 0 saturated carbocycles. The molecule has 0 radical (unpaired) electrons. The number of hydrazone groups is 1. The van der Waals surface area contributed by atoms with E-state index in [0.717, 1.165) is 36.5 Å². The van der Waals surface area contributed by atoms with Gasteiger partial charge in [0.15, 0.2) is 5.11 Å². The summed E-state index contributed by atoms with van der Waals surface area (Å²) < 4.78 is 5.58. The molecule has 3 N–H and O–H groups in total. The number of nitrogens with two attached hydrogens (primary N) is 1. The molecule has 98 valence electrons. The molecule has 0 atom stereocenters. The van der Waals surface area contributed by atoms with Crippen LogP contribution in [0.25, 0.3) is 0 Å². The summed E-state index contributed by atoms with van der Waals surface area (Å²) in [6, 6.07) is 7.79. The monoisotopic (exact) mass is 265 g/mol. The molecule has 1 aromatic carbocycles. The highest BCUT2D eigenvalue weighted by Crippen LogP contribution is 2.13. The van der Waals surface area contributed by atoms with Crippen molar-refractivity contribution in [3.05, 3.63) is 29.8 Å². The molecular formula is C13H19N3OS. The van der Waals surface area contributed by atoms with Crippen LogP contribution >= 0.6 is 12.2 Å². The van der Waals surface area contributed by atoms with Crippen LogP contribution in [-0.2, 0) is 0 Å². The van der Waals surface area contributed by atoms with Crippen LogP contribution in [0.3, 0.4) is 0 Å². The van der Waals surface area contributed by atoms with Crippen LogP contribution < -0.4 is 15.9 Å². The third kappa shape index (κ3) is 5.14. The van der Waals surface area contributed by atoms with E-state index in [9.17, 15) is 0 Å². The summed E-state index contributed by atoms with van der Waals surface area (Å²) in [4.78, 5) is 0. The molecule has 0 aliphatic carbocycles. The van der Waals surface area contributed by atoms with Crippen LogP contribution in [0, 0.1) is 0 Å². The molecule has 0 aliphatic rings. The van der Waals surface area contributed by atoms with Crippen molar-refractivity contribution < 1.29 is 4.74 Å². The van der Waals surface area contributed by atoms with E-state index in [-0.39, 0.29) is 5.11 Å². The molecule has 0 heterocycles. The molecule has 0 bridgehead atoms. The zero-order chi connectivity index (χ0) is 13.4. The van der Waals surface area contributed by atoms with Crippen molar-refractivity contribution >= 4 is 23.0 Å². The van der Waals surface area contributed by atoms with Crippen molar-refractivity contribution in [1.29, 1.82) is 0 Å². The number of hydrogen-bond donors (Lipinski definition) is 2. The van der Waals surface area contributed by atoms with Gasteiger partial charge < -0.3 is 10.5 Å².